The van der Waals surface area contributed by atoms with Gasteiger partial charge in [-0.25, -0.2) is 0 Å². The predicted octanol–water partition coefficient (Wildman–Crippen LogP) is 1.91. The van der Waals surface area contributed by atoms with Gasteiger partial charge >= 0.3 is 0 Å². The van der Waals surface area contributed by atoms with Crippen LogP contribution in [0.1, 0.15) is 37.6 Å². The predicted molar refractivity (Wildman–Crippen MR) is 80.3 cm³/mol. The van der Waals surface area contributed by atoms with E-state index in [1.807, 2.05) is 32.0 Å². The summed E-state index contributed by atoms with van der Waals surface area (Å²) in [6.07, 6.45) is 0.0763. The molecule has 1 saturated heterocycles. The zero-order valence-corrected chi connectivity index (χ0v) is 13.0. The first-order valence-electron chi connectivity index (χ1n) is 7.58. The molecule has 4 atom stereocenters. The zero-order valence-electron chi connectivity index (χ0n) is 13.0. The van der Waals surface area contributed by atoms with Crippen LogP contribution in [-0.4, -0.2) is 35.7 Å². The van der Waals surface area contributed by atoms with E-state index in [0.29, 0.717) is 12.0 Å². The number of rotatable bonds is 4. The summed E-state index contributed by atoms with van der Waals surface area (Å²) in [5.41, 5.74) is 0.603. The van der Waals surface area contributed by atoms with E-state index in [2.05, 4.69) is 5.32 Å². The Morgan fingerprint density at radius 3 is 2.41 bits per heavy atom. The Morgan fingerprint density at radius 1 is 1.14 bits per heavy atom. The Hall–Kier alpha value is -1.72. The number of nitrogens with one attached hydrogen (secondary N) is 1. The summed E-state index contributed by atoms with van der Waals surface area (Å²) < 4.78 is 11.7. The number of amides is 1. The van der Waals surface area contributed by atoms with Crippen molar-refractivity contribution in [3.8, 4) is 0 Å². The molecule has 0 spiro atoms. The fourth-order valence-corrected chi connectivity index (χ4v) is 3.32. The second kappa shape index (κ2) is 5.48. The SMILES string of the molecule is CC(=O)C[C@H]1[C@@H](NC(=O)c2ccccc2)[C@@H]2OC(C)(C)O[C@H]12. The minimum Gasteiger partial charge on any atom is -0.346 e. The summed E-state index contributed by atoms with van der Waals surface area (Å²) in [6.45, 7) is 5.27. The summed E-state index contributed by atoms with van der Waals surface area (Å²) >= 11 is 0. The maximum Gasteiger partial charge on any atom is 0.251 e. The summed E-state index contributed by atoms with van der Waals surface area (Å²) in [6, 6.07) is 8.85. The minimum absolute atomic E-state index is 0.0306. The van der Waals surface area contributed by atoms with E-state index in [4.69, 9.17) is 9.47 Å². The molecule has 1 aromatic rings. The van der Waals surface area contributed by atoms with E-state index in [1.54, 1.807) is 19.1 Å². The van der Waals surface area contributed by atoms with Crippen molar-refractivity contribution in [2.45, 2.75) is 51.2 Å². The van der Waals surface area contributed by atoms with Crippen LogP contribution in [0, 0.1) is 5.92 Å². The molecule has 1 heterocycles. The maximum absolute atomic E-state index is 12.3. The van der Waals surface area contributed by atoms with Gasteiger partial charge in [0.2, 0.25) is 0 Å². The van der Waals surface area contributed by atoms with Crippen LogP contribution in [0.25, 0.3) is 0 Å². The van der Waals surface area contributed by atoms with E-state index >= 15 is 0 Å². The molecule has 5 nitrogen and oxygen atoms in total. The lowest BCUT2D eigenvalue weighted by atomic mass is 9.71. The zero-order chi connectivity index (χ0) is 15.9. The largest absolute Gasteiger partial charge is 0.346 e. The Morgan fingerprint density at radius 2 is 1.77 bits per heavy atom. The third-order valence-corrected chi connectivity index (χ3v) is 4.26. The standard InChI is InChI=1S/C17H21NO4/c1-10(19)9-12-13(15-14(12)21-17(2,3)22-15)18-16(20)11-7-5-4-6-8-11/h4-8,12-15H,9H2,1-3H3,(H,18,20)/t12-,13+,14+,15-/m0/s1. The molecule has 0 bridgehead atoms. The minimum atomic E-state index is -0.670. The van der Waals surface area contributed by atoms with Gasteiger partial charge in [-0.15, -0.1) is 0 Å². The molecule has 0 unspecified atom stereocenters. The summed E-state index contributed by atoms with van der Waals surface area (Å²) in [4.78, 5) is 23.8. The summed E-state index contributed by atoms with van der Waals surface area (Å²) in [7, 11) is 0. The van der Waals surface area contributed by atoms with E-state index in [0.717, 1.165) is 0 Å². The first-order chi connectivity index (χ1) is 10.4. The molecular formula is C17H21NO4. The Balaban J connectivity index is 1.73. The fourth-order valence-electron chi connectivity index (χ4n) is 3.32. The van der Waals surface area contributed by atoms with Gasteiger partial charge in [-0.05, 0) is 32.9 Å². The molecule has 118 valence electrons. The van der Waals surface area contributed by atoms with E-state index in [9.17, 15) is 9.59 Å². The maximum atomic E-state index is 12.3. The smallest absolute Gasteiger partial charge is 0.251 e. The van der Waals surface area contributed by atoms with Crippen molar-refractivity contribution in [3.63, 3.8) is 0 Å². The molecule has 1 N–H and O–H groups in total. The first kappa shape index (κ1) is 15.2. The molecule has 0 radical (unpaired) electrons. The number of Topliss-reactive ketones (excluding diaryl/α,β-unsaturated/α-hetero) is 1. The van der Waals surface area contributed by atoms with Crippen molar-refractivity contribution >= 4 is 11.7 Å². The topological polar surface area (TPSA) is 64.6 Å². The molecule has 5 heteroatoms. The molecular weight excluding hydrogens is 282 g/mol. The van der Waals surface area contributed by atoms with Crippen molar-refractivity contribution in [3.05, 3.63) is 35.9 Å². The van der Waals surface area contributed by atoms with E-state index in [-0.39, 0.29) is 35.9 Å². The van der Waals surface area contributed by atoms with Gasteiger partial charge in [0.15, 0.2) is 5.79 Å². The van der Waals surface area contributed by atoms with Gasteiger partial charge in [-0.2, -0.15) is 0 Å². The highest BCUT2D eigenvalue weighted by Gasteiger charge is 2.60. The Labute approximate surface area is 130 Å². The molecule has 22 heavy (non-hydrogen) atoms. The second-order valence-corrected chi connectivity index (χ2v) is 6.50. The first-order valence-corrected chi connectivity index (χ1v) is 7.58. The highest BCUT2D eigenvalue weighted by atomic mass is 16.8. The van der Waals surface area contributed by atoms with Crippen molar-refractivity contribution < 1.29 is 19.1 Å². The van der Waals surface area contributed by atoms with Gasteiger partial charge in [0.1, 0.15) is 11.9 Å². The van der Waals surface area contributed by atoms with Crippen LogP contribution in [0.2, 0.25) is 0 Å². The van der Waals surface area contributed by atoms with E-state index < -0.39 is 5.79 Å². The van der Waals surface area contributed by atoms with Crippen LogP contribution in [0.4, 0.5) is 0 Å². The second-order valence-electron chi connectivity index (χ2n) is 6.50. The molecule has 2 fully saturated rings. The Bertz CT molecular complexity index is 584. The lowest BCUT2D eigenvalue weighted by molar-refractivity contribution is -0.141. The van der Waals surface area contributed by atoms with Gasteiger partial charge in [-0.1, -0.05) is 18.2 Å². The van der Waals surface area contributed by atoms with Crippen molar-refractivity contribution in [2.24, 2.45) is 5.92 Å². The van der Waals surface area contributed by atoms with Gasteiger partial charge in [0.25, 0.3) is 5.91 Å². The number of fused-ring (bicyclic) bond motifs is 1. The van der Waals surface area contributed by atoms with Crippen LogP contribution < -0.4 is 5.32 Å². The molecule has 1 saturated carbocycles. The lowest BCUT2D eigenvalue weighted by Crippen LogP contribution is -2.65. The van der Waals surface area contributed by atoms with Crippen molar-refractivity contribution in [1.82, 2.24) is 5.32 Å². The lowest BCUT2D eigenvalue weighted by Gasteiger charge is -2.45. The molecule has 3 rings (SSSR count). The third-order valence-electron chi connectivity index (χ3n) is 4.26. The number of carbonyl (C=O) groups excluding carboxylic acids is 2. The molecule has 2 aliphatic rings. The number of hydrogen-bond donors (Lipinski definition) is 1. The van der Waals surface area contributed by atoms with E-state index in [1.165, 1.54) is 0 Å². The number of ether oxygens (including phenoxy) is 2. The quantitative estimate of drug-likeness (QED) is 0.923. The average molecular weight is 303 g/mol. The number of hydrogen-bond acceptors (Lipinski definition) is 4. The monoisotopic (exact) mass is 303 g/mol. The molecule has 1 aromatic carbocycles. The van der Waals surface area contributed by atoms with Crippen LogP contribution in [-0.2, 0) is 14.3 Å². The van der Waals surface area contributed by atoms with Gasteiger partial charge in [-0.3, -0.25) is 4.79 Å². The highest BCUT2D eigenvalue weighted by Crippen LogP contribution is 2.45. The van der Waals surface area contributed by atoms with Crippen LogP contribution in [0.3, 0.4) is 0 Å². The number of benzene rings is 1. The van der Waals surface area contributed by atoms with Crippen LogP contribution >= 0.6 is 0 Å². The van der Waals surface area contributed by atoms with Crippen LogP contribution in [0.5, 0.6) is 0 Å². The molecule has 1 aliphatic heterocycles. The van der Waals surface area contributed by atoms with Crippen molar-refractivity contribution in [1.29, 1.82) is 0 Å². The normalized spacial score (nSPS) is 32.0. The number of ketones is 1. The average Bonchev–Trinajstić information content (AvgIpc) is 2.75. The Kier molecular flexibility index (Phi) is 3.78. The van der Waals surface area contributed by atoms with Crippen molar-refractivity contribution in [2.75, 3.05) is 0 Å². The van der Waals surface area contributed by atoms with Crippen LogP contribution in [0.15, 0.2) is 30.3 Å². The summed E-state index contributed by atoms with van der Waals surface area (Å²) in [5.74, 6) is -0.755. The van der Waals surface area contributed by atoms with Gasteiger partial charge in [0, 0.05) is 17.9 Å². The highest BCUT2D eigenvalue weighted by molar-refractivity contribution is 5.94. The summed E-state index contributed by atoms with van der Waals surface area (Å²) in [5, 5.41) is 3.00. The third kappa shape index (κ3) is 2.78. The molecule has 1 amide bonds. The van der Waals surface area contributed by atoms with Gasteiger partial charge < -0.3 is 19.6 Å². The molecule has 0 aromatic heterocycles. The fraction of sp³-hybridized carbons (Fsp3) is 0.529. The number of carbonyl (C=O) groups is 2. The van der Waals surface area contributed by atoms with Gasteiger partial charge in [0.05, 0.1) is 12.1 Å². The molecule has 1 aliphatic carbocycles.